The zero-order valence-electron chi connectivity index (χ0n) is 10.8. The Bertz CT molecular complexity index is 316. The summed E-state index contributed by atoms with van der Waals surface area (Å²) >= 11 is 0. The van der Waals surface area contributed by atoms with Gasteiger partial charge in [-0.2, -0.15) is 0 Å². The second-order valence-electron chi connectivity index (χ2n) is 5.55. The van der Waals surface area contributed by atoms with E-state index in [0.29, 0.717) is 13.0 Å². The van der Waals surface area contributed by atoms with E-state index in [1.54, 1.807) is 7.05 Å². The van der Waals surface area contributed by atoms with Gasteiger partial charge in [-0.05, 0) is 38.6 Å². The molecule has 0 aromatic heterocycles. The molecule has 0 spiro atoms. The number of nitrogens with two attached hydrogens (primary N) is 1. The van der Waals surface area contributed by atoms with Crippen molar-refractivity contribution in [3.05, 3.63) is 0 Å². The molecule has 5 heteroatoms. The summed E-state index contributed by atoms with van der Waals surface area (Å²) in [6.45, 7) is 3.56. The van der Waals surface area contributed by atoms with Gasteiger partial charge in [-0.3, -0.25) is 4.79 Å². The maximum absolute atomic E-state index is 12.1. The topological polar surface area (TPSA) is 83.6 Å². The quantitative estimate of drug-likeness (QED) is 0.748. The summed E-state index contributed by atoms with van der Waals surface area (Å²) < 4.78 is 0. The Morgan fingerprint density at radius 3 is 2.24 bits per heavy atom. The highest BCUT2D eigenvalue weighted by Crippen LogP contribution is 2.43. The predicted molar refractivity (Wildman–Crippen MR) is 64.4 cm³/mol. The highest BCUT2D eigenvalue weighted by Gasteiger charge is 2.41. The summed E-state index contributed by atoms with van der Waals surface area (Å²) in [4.78, 5) is 24.4. The second kappa shape index (κ2) is 4.64. The van der Waals surface area contributed by atoms with Crippen LogP contribution in [0, 0.1) is 5.41 Å². The van der Waals surface area contributed by atoms with Crippen molar-refractivity contribution in [1.29, 1.82) is 0 Å². The fourth-order valence-electron chi connectivity index (χ4n) is 2.02. The first-order valence-corrected chi connectivity index (χ1v) is 5.95. The van der Waals surface area contributed by atoms with E-state index in [1.807, 2.05) is 0 Å². The monoisotopic (exact) mass is 242 g/mol. The van der Waals surface area contributed by atoms with Gasteiger partial charge in [0.25, 0.3) is 0 Å². The van der Waals surface area contributed by atoms with Crippen LogP contribution in [0.3, 0.4) is 0 Å². The minimum absolute atomic E-state index is 0.0834. The Morgan fingerprint density at radius 2 is 1.94 bits per heavy atom. The predicted octanol–water partition coefficient (Wildman–Crippen LogP) is 0.827. The van der Waals surface area contributed by atoms with Crippen LogP contribution in [-0.4, -0.2) is 41.0 Å². The van der Waals surface area contributed by atoms with Gasteiger partial charge in [0.1, 0.15) is 5.54 Å². The molecule has 1 aliphatic carbocycles. The van der Waals surface area contributed by atoms with E-state index in [4.69, 9.17) is 10.8 Å². The third kappa shape index (κ3) is 2.60. The van der Waals surface area contributed by atoms with Crippen molar-refractivity contribution in [1.82, 2.24) is 4.90 Å². The number of carboxylic acid groups (broad SMARTS) is 1. The highest BCUT2D eigenvalue weighted by atomic mass is 16.4. The molecule has 0 aliphatic heterocycles. The van der Waals surface area contributed by atoms with Crippen LogP contribution >= 0.6 is 0 Å². The molecule has 0 atom stereocenters. The van der Waals surface area contributed by atoms with E-state index in [-0.39, 0.29) is 11.3 Å². The van der Waals surface area contributed by atoms with Crippen molar-refractivity contribution in [2.45, 2.75) is 45.1 Å². The number of hydrogen-bond donors (Lipinski definition) is 2. The van der Waals surface area contributed by atoms with Crippen molar-refractivity contribution in [3.8, 4) is 0 Å². The lowest BCUT2D eigenvalue weighted by molar-refractivity contribution is -0.156. The number of carboxylic acids is 1. The minimum atomic E-state index is -1.17. The molecular weight excluding hydrogens is 220 g/mol. The lowest BCUT2D eigenvalue weighted by Crippen LogP contribution is -2.53. The summed E-state index contributed by atoms with van der Waals surface area (Å²) in [5, 5.41) is 9.07. The number of likely N-dealkylation sites (N-methyl/N-ethyl adjacent to an activating group) is 1. The molecular formula is C12H22N2O3. The number of nitrogens with zero attached hydrogens (tertiary/aromatic N) is 1. The Balaban J connectivity index is 2.67. The Labute approximate surface area is 102 Å². The van der Waals surface area contributed by atoms with Crippen molar-refractivity contribution in [3.63, 3.8) is 0 Å². The molecule has 1 aliphatic rings. The zero-order valence-corrected chi connectivity index (χ0v) is 10.8. The summed E-state index contributed by atoms with van der Waals surface area (Å²) in [5.41, 5.74) is 4.45. The number of aliphatic carboxylic acids is 1. The van der Waals surface area contributed by atoms with Gasteiger partial charge in [-0.15, -0.1) is 0 Å². The van der Waals surface area contributed by atoms with E-state index in [2.05, 4.69) is 0 Å². The standard InChI is InChI=1S/C12H22N2O3/c1-11(2,10(16)17)14(3)9(15)7-12(8-13)5-4-6-12/h4-8,13H2,1-3H3,(H,16,17). The Morgan fingerprint density at radius 1 is 1.41 bits per heavy atom. The van der Waals surface area contributed by atoms with Gasteiger partial charge in [0, 0.05) is 13.5 Å². The summed E-state index contributed by atoms with van der Waals surface area (Å²) in [6.07, 6.45) is 3.40. The van der Waals surface area contributed by atoms with E-state index < -0.39 is 11.5 Å². The fraction of sp³-hybridized carbons (Fsp3) is 0.833. The van der Waals surface area contributed by atoms with Crippen LogP contribution in [0.5, 0.6) is 0 Å². The van der Waals surface area contributed by atoms with E-state index in [1.165, 1.54) is 18.7 Å². The summed E-state index contributed by atoms with van der Waals surface area (Å²) in [6, 6.07) is 0. The minimum Gasteiger partial charge on any atom is -0.480 e. The van der Waals surface area contributed by atoms with Crippen LogP contribution in [-0.2, 0) is 9.59 Å². The number of carbonyl (C=O) groups is 2. The van der Waals surface area contributed by atoms with Gasteiger partial charge < -0.3 is 15.7 Å². The number of carbonyl (C=O) groups excluding carboxylic acids is 1. The van der Waals surface area contributed by atoms with Crippen LogP contribution in [0.15, 0.2) is 0 Å². The van der Waals surface area contributed by atoms with Crippen LogP contribution in [0.2, 0.25) is 0 Å². The highest BCUT2D eigenvalue weighted by molar-refractivity contribution is 5.86. The van der Waals surface area contributed by atoms with Crippen molar-refractivity contribution < 1.29 is 14.7 Å². The normalized spacial score (nSPS) is 18.4. The molecule has 98 valence electrons. The van der Waals surface area contributed by atoms with Crippen molar-refractivity contribution >= 4 is 11.9 Å². The van der Waals surface area contributed by atoms with Crippen LogP contribution in [0.25, 0.3) is 0 Å². The molecule has 1 saturated carbocycles. The van der Waals surface area contributed by atoms with Gasteiger partial charge in [0.2, 0.25) is 5.91 Å². The largest absolute Gasteiger partial charge is 0.480 e. The fourth-order valence-corrected chi connectivity index (χ4v) is 2.02. The molecule has 0 aromatic carbocycles. The summed E-state index contributed by atoms with van der Waals surface area (Å²) in [5.74, 6) is -1.13. The molecule has 0 bridgehead atoms. The first-order chi connectivity index (χ1) is 7.75. The maximum Gasteiger partial charge on any atom is 0.329 e. The van der Waals surface area contributed by atoms with E-state index in [9.17, 15) is 9.59 Å². The molecule has 17 heavy (non-hydrogen) atoms. The molecule has 0 heterocycles. The van der Waals surface area contributed by atoms with E-state index >= 15 is 0 Å². The van der Waals surface area contributed by atoms with Crippen LogP contribution in [0.1, 0.15) is 39.5 Å². The first-order valence-electron chi connectivity index (χ1n) is 5.95. The van der Waals surface area contributed by atoms with Crippen LogP contribution in [0.4, 0.5) is 0 Å². The van der Waals surface area contributed by atoms with E-state index in [0.717, 1.165) is 19.3 Å². The number of rotatable bonds is 5. The lowest BCUT2D eigenvalue weighted by Gasteiger charge is -2.42. The molecule has 1 fully saturated rings. The molecule has 0 aromatic rings. The van der Waals surface area contributed by atoms with Gasteiger partial charge in [0.05, 0.1) is 0 Å². The van der Waals surface area contributed by atoms with Crippen LogP contribution < -0.4 is 5.73 Å². The molecule has 0 unspecified atom stereocenters. The molecule has 0 radical (unpaired) electrons. The Hall–Kier alpha value is -1.10. The molecule has 1 amide bonds. The van der Waals surface area contributed by atoms with Gasteiger partial charge in [-0.1, -0.05) is 6.42 Å². The smallest absolute Gasteiger partial charge is 0.329 e. The van der Waals surface area contributed by atoms with Gasteiger partial charge in [-0.25, -0.2) is 4.79 Å². The molecule has 1 rings (SSSR count). The average Bonchev–Trinajstić information content (AvgIpc) is 2.21. The molecule has 3 N–H and O–H groups in total. The average molecular weight is 242 g/mol. The molecule has 0 saturated heterocycles. The van der Waals surface area contributed by atoms with Crippen molar-refractivity contribution in [2.75, 3.05) is 13.6 Å². The number of hydrogen-bond acceptors (Lipinski definition) is 3. The first kappa shape index (κ1) is 14.0. The maximum atomic E-state index is 12.1. The second-order valence-corrected chi connectivity index (χ2v) is 5.55. The zero-order chi connectivity index (χ0) is 13.3. The third-order valence-corrected chi connectivity index (χ3v) is 4.11. The Kier molecular flexibility index (Phi) is 3.81. The van der Waals surface area contributed by atoms with Gasteiger partial charge in [0.15, 0.2) is 0 Å². The lowest BCUT2D eigenvalue weighted by atomic mass is 9.66. The van der Waals surface area contributed by atoms with Crippen molar-refractivity contribution in [2.24, 2.45) is 11.1 Å². The summed E-state index contributed by atoms with van der Waals surface area (Å²) in [7, 11) is 1.54. The van der Waals surface area contributed by atoms with Gasteiger partial charge >= 0.3 is 5.97 Å². The third-order valence-electron chi connectivity index (χ3n) is 4.11. The molecule has 5 nitrogen and oxygen atoms in total. The number of amides is 1. The SMILES string of the molecule is CN(C(=O)CC1(CN)CCC1)C(C)(C)C(=O)O.